The predicted octanol–water partition coefficient (Wildman–Crippen LogP) is 5.03. The van der Waals surface area contributed by atoms with Crippen LogP contribution in [0.5, 0.6) is 23.0 Å². The number of hydrogen-bond donors (Lipinski definition) is 1. The van der Waals surface area contributed by atoms with Gasteiger partial charge in [0.05, 0.1) is 46.0 Å². The first-order chi connectivity index (χ1) is 18.2. The van der Waals surface area contributed by atoms with Crippen LogP contribution in [0.4, 0.5) is 0 Å². The van der Waals surface area contributed by atoms with Crippen molar-refractivity contribution < 1.29 is 33.3 Å². The van der Waals surface area contributed by atoms with Crippen molar-refractivity contribution >= 4 is 11.8 Å². The fourth-order valence-electron chi connectivity index (χ4n) is 5.38. The number of rotatable bonds is 8. The number of dihydropyridines is 1. The number of ether oxygens (including phenoxy) is 5. The van der Waals surface area contributed by atoms with E-state index in [0.29, 0.717) is 51.8 Å². The number of esters is 1. The number of ketones is 1. The van der Waals surface area contributed by atoms with Crippen LogP contribution in [-0.4, -0.2) is 46.3 Å². The number of benzene rings is 2. The largest absolute Gasteiger partial charge is 0.493 e. The maximum atomic E-state index is 13.9. The topological polar surface area (TPSA) is 92.3 Å². The zero-order chi connectivity index (χ0) is 27.6. The van der Waals surface area contributed by atoms with E-state index in [9.17, 15) is 9.59 Å². The highest BCUT2D eigenvalue weighted by atomic mass is 16.5. The fraction of sp³-hybridized carbons (Fsp3) is 0.400. The van der Waals surface area contributed by atoms with E-state index in [1.807, 2.05) is 37.3 Å². The molecule has 38 heavy (non-hydrogen) atoms. The lowest BCUT2D eigenvalue weighted by Gasteiger charge is -2.37. The molecule has 2 aliphatic rings. The lowest BCUT2D eigenvalue weighted by Crippen LogP contribution is -2.36. The second kappa shape index (κ2) is 11.2. The standard InChI is InChI=1S/C30H35NO7/c1-16(2)38-30(33)26-17(3)31-21-13-19(18-11-12-23(34-4)25(15-18)36-6)14-22(32)28(21)27(26)20-9-8-10-24(35-5)29(20)37-7/h8-12,15-16,19,27,31H,13-14H2,1-7H3/t19-,27-/m1/s1. The van der Waals surface area contributed by atoms with Crippen LogP contribution < -0.4 is 24.3 Å². The van der Waals surface area contributed by atoms with Gasteiger partial charge in [-0.2, -0.15) is 0 Å². The van der Waals surface area contributed by atoms with Crippen LogP contribution in [-0.2, 0) is 14.3 Å². The number of hydrogen-bond acceptors (Lipinski definition) is 8. The monoisotopic (exact) mass is 521 g/mol. The number of Topliss-reactive ketones (excluding diaryl/α,β-unsaturated/α-hetero) is 1. The van der Waals surface area contributed by atoms with Crippen LogP contribution in [0, 0.1) is 0 Å². The number of methoxy groups -OCH3 is 4. The van der Waals surface area contributed by atoms with Gasteiger partial charge in [-0.25, -0.2) is 4.79 Å². The summed E-state index contributed by atoms with van der Waals surface area (Å²) in [5.74, 6) is 0.989. The Labute approximate surface area is 223 Å². The minimum atomic E-state index is -0.665. The van der Waals surface area contributed by atoms with Crippen molar-refractivity contribution in [2.75, 3.05) is 28.4 Å². The van der Waals surface area contributed by atoms with Gasteiger partial charge >= 0.3 is 5.97 Å². The van der Waals surface area contributed by atoms with Gasteiger partial charge in [-0.05, 0) is 56.9 Å². The first kappa shape index (κ1) is 27.1. The molecule has 4 rings (SSSR count). The molecule has 0 saturated carbocycles. The lowest BCUT2D eigenvalue weighted by molar-refractivity contribution is -0.143. The normalized spacial score (nSPS) is 19.1. The Kier molecular flexibility index (Phi) is 7.99. The van der Waals surface area contributed by atoms with Crippen molar-refractivity contribution in [3.63, 3.8) is 0 Å². The summed E-state index contributed by atoms with van der Waals surface area (Å²) >= 11 is 0. The Morgan fingerprint density at radius 3 is 2.26 bits per heavy atom. The van der Waals surface area contributed by atoms with Crippen molar-refractivity contribution in [3.05, 3.63) is 70.1 Å². The second-order valence-electron chi connectivity index (χ2n) is 9.67. The van der Waals surface area contributed by atoms with Crippen molar-refractivity contribution in [2.24, 2.45) is 0 Å². The lowest BCUT2D eigenvalue weighted by atomic mass is 9.71. The van der Waals surface area contributed by atoms with Gasteiger partial charge in [-0.3, -0.25) is 4.79 Å². The molecule has 1 heterocycles. The van der Waals surface area contributed by atoms with Crippen LogP contribution >= 0.6 is 0 Å². The van der Waals surface area contributed by atoms with E-state index in [1.54, 1.807) is 48.4 Å². The van der Waals surface area contributed by atoms with Gasteiger partial charge in [0.1, 0.15) is 0 Å². The Bertz CT molecular complexity index is 1310. The molecule has 0 spiro atoms. The van der Waals surface area contributed by atoms with Crippen LogP contribution in [0.3, 0.4) is 0 Å². The van der Waals surface area contributed by atoms with Gasteiger partial charge in [0.2, 0.25) is 0 Å². The van der Waals surface area contributed by atoms with Gasteiger partial charge in [-0.1, -0.05) is 18.2 Å². The van der Waals surface area contributed by atoms with Crippen LogP contribution in [0.2, 0.25) is 0 Å². The molecule has 2 atom stereocenters. The van der Waals surface area contributed by atoms with Crippen molar-refractivity contribution in [2.45, 2.75) is 51.6 Å². The molecule has 2 aromatic rings. The molecule has 202 valence electrons. The highest BCUT2D eigenvalue weighted by molar-refractivity contribution is 6.04. The van der Waals surface area contributed by atoms with Gasteiger partial charge in [0, 0.05) is 29.0 Å². The molecule has 1 aliphatic heterocycles. The SMILES string of the molecule is COc1ccc([C@H]2CC(=O)C3=C(C2)NC(C)=C(C(=O)OC(C)C)[C@H]3c2cccc(OC)c2OC)cc1OC. The van der Waals surface area contributed by atoms with E-state index < -0.39 is 11.9 Å². The van der Waals surface area contributed by atoms with Crippen molar-refractivity contribution in [1.29, 1.82) is 0 Å². The Balaban J connectivity index is 1.84. The molecule has 8 heteroatoms. The zero-order valence-corrected chi connectivity index (χ0v) is 23.0. The average Bonchev–Trinajstić information content (AvgIpc) is 2.90. The summed E-state index contributed by atoms with van der Waals surface area (Å²) in [4.78, 5) is 27.3. The predicted molar refractivity (Wildman–Crippen MR) is 143 cm³/mol. The van der Waals surface area contributed by atoms with Gasteiger partial charge < -0.3 is 29.0 Å². The summed E-state index contributed by atoms with van der Waals surface area (Å²) in [6.45, 7) is 5.44. The molecule has 0 saturated heterocycles. The van der Waals surface area contributed by atoms with E-state index in [1.165, 1.54) is 0 Å². The second-order valence-corrected chi connectivity index (χ2v) is 9.67. The summed E-state index contributed by atoms with van der Waals surface area (Å²) < 4.78 is 27.8. The minimum Gasteiger partial charge on any atom is -0.493 e. The third-order valence-electron chi connectivity index (χ3n) is 7.01. The first-order valence-electron chi connectivity index (χ1n) is 12.6. The van der Waals surface area contributed by atoms with Crippen LogP contribution in [0.15, 0.2) is 58.9 Å². The van der Waals surface area contributed by atoms with E-state index in [0.717, 1.165) is 11.3 Å². The number of carbonyl (C=O) groups is 2. The molecule has 0 amide bonds. The number of carbonyl (C=O) groups excluding carboxylic acids is 2. The van der Waals surface area contributed by atoms with E-state index >= 15 is 0 Å². The van der Waals surface area contributed by atoms with Crippen molar-refractivity contribution in [1.82, 2.24) is 5.32 Å². The van der Waals surface area contributed by atoms with Gasteiger partial charge in [0.15, 0.2) is 28.8 Å². The molecule has 0 fully saturated rings. The molecular weight excluding hydrogens is 486 g/mol. The molecule has 1 aliphatic carbocycles. The third-order valence-corrected chi connectivity index (χ3v) is 7.01. The summed E-state index contributed by atoms with van der Waals surface area (Å²) in [6, 6.07) is 11.2. The summed E-state index contributed by atoms with van der Waals surface area (Å²) in [5.41, 5.74) is 4.02. The highest BCUT2D eigenvalue weighted by Gasteiger charge is 2.43. The Hall–Kier alpha value is -3.94. The maximum Gasteiger partial charge on any atom is 0.337 e. The quantitative estimate of drug-likeness (QED) is 0.484. The molecule has 0 bridgehead atoms. The van der Waals surface area contributed by atoms with E-state index in [2.05, 4.69) is 5.32 Å². The number of para-hydroxylation sites is 1. The highest BCUT2D eigenvalue weighted by Crippen LogP contribution is 2.49. The average molecular weight is 522 g/mol. The fourth-order valence-corrected chi connectivity index (χ4v) is 5.38. The van der Waals surface area contributed by atoms with E-state index in [4.69, 9.17) is 23.7 Å². The van der Waals surface area contributed by atoms with Gasteiger partial charge in [0.25, 0.3) is 0 Å². The van der Waals surface area contributed by atoms with Crippen LogP contribution in [0.1, 0.15) is 56.6 Å². The summed E-state index contributed by atoms with van der Waals surface area (Å²) in [6.07, 6.45) is 0.551. The number of allylic oxidation sites excluding steroid dienone is 3. The molecule has 8 nitrogen and oxygen atoms in total. The molecule has 2 aromatic carbocycles. The smallest absolute Gasteiger partial charge is 0.337 e. The molecule has 0 aromatic heterocycles. The minimum absolute atomic E-state index is 0.0456. The molecule has 1 N–H and O–H groups in total. The molecule has 0 radical (unpaired) electrons. The summed E-state index contributed by atoms with van der Waals surface area (Å²) in [7, 11) is 6.29. The maximum absolute atomic E-state index is 13.9. The molecular formula is C30H35NO7. The third kappa shape index (κ3) is 4.95. The number of nitrogens with one attached hydrogen (secondary N) is 1. The molecule has 0 unspecified atom stereocenters. The zero-order valence-electron chi connectivity index (χ0n) is 23.0. The van der Waals surface area contributed by atoms with Crippen LogP contribution in [0.25, 0.3) is 0 Å². The van der Waals surface area contributed by atoms with Gasteiger partial charge in [-0.15, -0.1) is 0 Å². The Morgan fingerprint density at radius 2 is 1.63 bits per heavy atom. The van der Waals surface area contributed by atoms with Crippen molar-refractivity contribution in [3.8, 4) is 23.0 Å². The Morgan fingerprint density at radius 1 is 0.921 bits per heavy atom. The van der Waals surface area contributed by atoms with E-state index in [-0.39, 0.29) is 24.2 Å². The first-order valence-corrected chi connectivity index (χ1v) is 12.6. The summed E-state index contributed by atoms with van der Waals surface area (Å²) in [5, 5.41) is 3.38.